The summed E-state index contributed by atoms with van der Waals surface area (Å²) in [6.07, 6.45) is -5.99. The normalized spacial score (nSPS) is 19.3. The summed E-state index contributed by atoms with van der Waals surface area (Å²) in [5.41, 5.74) is -1.52. The molecule has 1 fully saturated rings. The number of hydrogen-bond acceptors (Lipinski definition) is 6. The maximum Gasteiger partial charge on any atom is 0.573 e. The number of hydrogen-bond donors (Lipinski definition) is 2. The van der Waals surface area contributed by atoms with Crippen LogP contribution in [0.3, 0.4) is 0 Å². The number of aliphatic hydroxyl groups excluding tert-OH is 1. The van der Waals surface area contributed by atoms with Crippen LogP contribution >= 0.6 is 0 Å². The number of imidazole rings is 1. The first-order valence-electron chi connectivity index (χ1n) is 9.08. The van der Waals surface area contributed by atoms with E-state index in [-0.39, 0.29) is 47.4 Å². The molecule has 166 valence electrons. The Hall–Kier alpha value is -3.09. The summed E-state index contributed by atoms with van der Waals surface area (Å²) in [4.78, 5) is 3.95. The molecule has 0 spiro atoms. The molecule has 13 heteroatoms. The fourth-order valence-electron chi connectivity index (χ4n) is 3.41. The lowest BCUT2D eigenvalue weighted by molar-refractivity contribution is -0.274. The molecule has 1 aromatic carbocycles. The molecule has 31 heavy (non-hydrogen) atoms. The molecule has 2 heterocycles. The van der Waals surface area contributed by atoms with Crippen LogP contribution in [0.5, 0.6) is 5.75 Å². The third kappa shape index (κ3) is 4.36. The van der Waals surface area contributed by atoms with Gasteiger partial charge in [0.1, 0.15) is 17.8 Å². The number of ether oxygens (including phenoxy) is 1. The van der Waals surface area contributed by atoms with Crippen LogP contribution in [-0.4, -0.2) is 43.7 Å². The van der Waals surface area contributed by atoms with Gasteiger partial charge in [0.15, 0.2) is 0 Å². The summed E-state index contributed by atoms with van der Waals surface area (Å²) < 4.78 is 82.8. The summed E-state index contributed by atoms with van der Waals surface area (Å²) >= 11 is 0. The second-order valence-corrected chi connectivity index (χ2v) is 7.14. The minimum absolute atomic E-state index is 0.0260. The monoisotopic (exact) mass is 447 g/mol. The molecule has 0 saturated heterocycles. The van der Waals surface area contributed by atoms with Crippen LogP contribution in [0.25, 0.3) is 16.8 Å². The third-order valence-corrected chi connectivity index (χ3v) is 4.97. The lowest BCUT2D eigenvalue weighted by Gasteiger charge is -2.34. The molecule has 4 rings (SSSR count). The van der Waals surface area contributed by atoms with Gasteiger partial charge in [0.25, 0.3) is 0 Å². The first kappa shape index (κ1) is 21.2. The number of aliphatic hydroxyl groups is 1. The van der Waals surface area contributed by atoms with Crippen molar-refractivity contribution in [3.05, 3.63) is 36.3 Å². The quantitative estimate of drug-likeness (QED) is 0.578. The summed E-state index contributed by atoms with van der Waals surface area (Å²) in [5, 5.41) is 20.1. The average Bonchev–Trinajstić information content (AvgIpc) is 3.12. The first-order chi connectivity index (χ1) is 14.5. The maximum absolute atomic E-state index is 13.0. The molecule has 0 aliphatic heterocycles. The van der Waals surface area contributed by atoms with Crippen molar-refractivity contribution in [2.45, 2.75) is 31.4 Å². The Morgan fingerprint density at radius 3 is 2.52 bits per heavy atom. The van der Waals surface area contributed by atoms with Gasteiger partial charge < -0.3 is 15.2 Å². The molecule has 1 aliphatic rings. The van der Waals surface area contributed by atoms with Gasteiger partial charge in [0.2, 0.25) is 5.95 Å². The van der Waals surface area contributed by atoms with Gasteiger partial charge >= 0.3 is 12.5 Å². The van der Waals surface area contributed by atoms with Crippen LogP contribution < -0.4 is 10.1 Å². The number of nitrogens with one attached hydrogen (secondary N) is 1. The lowest BCUT2D eigenvalue weighted by atomic mass is 9.81. The van der Waals surface area contributed by atoms with Crippen molar-refractivity contribution in [1.82, 2.24) is 19.6 Å². The Morgan fingerprint density at radius 2 is 1.87 bits per heavy atom. The molecule has 0 radical (unpaired) electrons. The van der Waals surface area contributed by atoms with Crippen LogP contribution in [0.1, 0.15) is 18.4 Å². The zero-order valence-electron chi connectivity index (χ0n) is 15.6. The van der Waals surface area contributed by atoms with Crippen molar-refractivity contribution in [3.8, 4) is 17.0 Å². The highest BCUT2D eigenvalue weighted by Gasteiger charge is 2.36. The summed E-state index contributed by atoms with van der Waals surface area (Å²) in [6, 6.07) is 1.79. The number of fused-ring (bicyclic) bond motifs is 1. The molecular formula is C18H15F6N5O2. The average molecular weight is 447 g/mol. The summed E-state index contributed by atoms with van der Waals surface area (Å²) in [5.74, 6) is -0.606. The van der Waals surface area contributed by atoms with Crippen LogP contribution in [0.2, 0.25) is 0 Å². The maximum atomic E-state index is 13.0. The van der Waals surface area contributed by atoms with Crippen molar-refractivity contribution in [3.63, 3.8) is 0 Å². The minimum Gasteiger partial charge on any atom is -0.405 e. The number of rotatable bonds is 5. The predicted octanol–water partition coefficient (Wildman–Crippen LogP) is 3.89. The number of aromatic nitrogens is 4. The van der Waals surface area contributed by atoms with E-state index in [1.807, 2.05) is 0 Å². The largest absolute Gasteiger partial charge is 0.573 e. The van der Waals surface area contributed by atoms with Crippen LogP contribution in [0, 0.1) is 5.92 Å². The fourth-order valence-corrected chi connectivity index (χ4v) is 3.41. The molecular weight excluding hydrogens is 432 g/mol. The van der Waals surface area contributed by atoms with E-state index in [1.165, 1.54) is 16.9 Å². The minimum atomic E-state index is -5.21. The van der Waals surface area contributed by atoms with Crippen molar-refractivity contribution in [1.29, 1.82) is 0 Å². The van der Waals surface area contributed by atoms with Crippen LogP contribution in [0.15, 0.2) is 30.7 Å². The van der Waals surface area contributed by atoms with E-state index in [9.17, 15) is 26.3 Å². The lowest BCUT2D eigenvalue weighted by Crippen LogP contribution is -2.38. The number of halogens is 6. The van der Waals surface area contributed by atoms with E-state index in [0.29, 0.717) is 18.9 Å². The Balaban J connectivity index is 1.75. The summed E-state index contributed by atoms with van der Waals surface area (Å²) in [6.45, 7) is 0.0686. The van der Waals surface area contributed by atoms with E-state index in [4.69, 9.17) is 5.11 Å². The van der Waals surface area contributed by atoms with Gasteiger partial charge in [-0.2, -0.15) is 13.2 Å². The molecule has 0 atom stereocenters. The molecule has 0 unspecified atom stereocenters. The highest BCUT2D eigenvalue weighted by Crippen LogP contribution is 2.40. The van der Waals surface area contributed by atoms with Crippen molar-refractivity contribution < 1.29 is 36.2 Å². The van der Waals surface area contributed by atoms with Crippen LogP contribution in [-0.2, 0) is 6.18 Å². The van der Waals surface area contributed by atoms with Gasteiger partial charge in [0.05, 0.1) is 17.3 Å². The predicted molar refractivity (Wildman–Crippen MR) is 95.1 cm³/mol. The van der Waals surface area contributed by atoms with Gasteiger partial charge in [-0.25, -0.2) is 4.98 Å². The van der Waals surface area contributed by atoms with Gasteiger partial charge in [-0.1, -0.05) is 0 Å². The summed E-state index contributed by atoms with van der Waals surface area (Å²) in [7, 11) is 0. The van der Waals surface area contributed by atoms with E-state index < -0.39 is 23.9 Å². The highest BCUT2D eigenvalue weighted by atomic mass is 19.4. The van der Waals surface area contributed by atoms with Crippen molar-refractivity contribution in [2.24, 2.45) is 5.92 Å². The van der Waals surface area contributed by atoms with Crippen LogP contribution in [0.4, 0.5) is 32.3 Å². The second kappa shape index (κ2) is 7.55. The highest BCUT2D eigenvalue weighted by molar-refractivity contribution is 5.81. The van der Waals surface area contributed by atoms with E-state index in [1.54, 1.807) is 0 Å². The second-order valence-electron chi connectivity index (χ2n) is 7.14. The SMILES string of the molecule is OCC1CC(Nc2nnc(-c3ccc(C(F)(F)F)cc3OC(F)(F)F)c3cncn23)C1. The Labute approximate surface area is 170 Å². The van der Waals surface area contributed by atoms with E-state index >= 15 is 0 Å². The van der Waals surface area contributed by atoms with Gasteiger partial charge in [-0.05, 0) is 37.0 Å². The van der Waals surface area contributed by atoms with Gasteiger partial charge in [-0.15, -0.1) is 23.4 Å². The number of alkyl halides is 6. The third-order valence-electron chi connectivity index (χ3n) is 4.97. The molecule has 1 saturated carbocycles. The number of nitrogens with zero attached hydrogens (tertiary/aromatic N) is 4. The first-order valence-corrected chi connectivity index (χ1v) is 9.08. The molecule has 2 aromatic heterocycles. The van der Waals surface area contributed by atoms with Gasteiger partial charge in [0, 0.05) is 18.2 Å². The molecule has 2 N–H and O–H groups in total. The number of benzene rings is 1. The Morgan fingerprint density at radius 1 is 1.13 bits per heavy atom. The topological polar surface area (TPSA) is 84.6 Å². The van der Waals surface area contributed by atoms with E-state index in [0.717, 1.165) is 6.07 Å². The van der Waals surface area contributed by atoms with Crippen molar-refractivity contribution in [2.75, 3.05) is 11.9 Å². The zero-order valence-corrected chi connectivity index (χ0v) is 15.6. The molecule has 7 nitrogen and oxygen atoms in total. The van der Waals surface area contributed by atoms with Crippen molar-refractivity contribution >= 4 is 11.5 Å². The molecule has 0 amide bonds. The molecule has 1 aliphatic carbocycles. The Bertz CT molecular complexity index is 1090. The smallest absolute Gasteiger partial charge is 0.405 e. The molecule has 0 bridgehead atoms. The Kier molecular flexibility index (Phi) is 5.15. The molecule has 3 aromatic rings. The standard InChI is InChI=1S/C18H15F6N5O2/c19-17(20,21)10-1-2-12(14(5-10)31-18(22,23)24)15-13-6-25-8-29(13)16(28-27-15)26-11-3-9(4-11)7-30/h1-2,5-6,8-9,11,30H,3-4,7H2,(H,26,28). The number of anilines is 1. The van der Waals surface area contributed by atoms with Gasteiger partial charge in [-0.3, -0.25) is 4.40 Å². The van der Waals surface area contributed by atoms with E-state index in [2.05, 4.69) is 25.2 Å². The zero-order chi connectivity index (χ0) is 22.4. The fraction of sp³-hybridized carbons (Fsp3) is 0.389.